The molecule has 1 aromatic carbocycles. The average Bonchev–Trinajstić information content (AvgIpc) is 3.09. The molecule has 2 aromatic rings. The van der Waals surface area contributed by atoms with Gasteiger partial charge in [-0.05, 0) is 11.8 Å². The van der Waals surface area contributed by atoms with Crippen molar-refractivity contribution in [1.29, 1.82) is 0 Å². The predicted molar refractivity (Wildman–Crippen MR) is 80.5 cm³/mol. The minimum Gasteiger partial charge on any atom is -0.418 e. The van der Waals surface area contributed by atoms with Crippen molar-refractivity contribution in [2.24, 2.45) is 5.41 Å². The van der Waals surface area contributed by atoms with E-state index >= 15 is 0 Å². The molecule has 3 nitrogen and oxygen atoms in total. The third-order valence-corrected chi connectivity index (χ3v) is 4.15. The van der Waals surface area contributed by atoms with Gasteiger partial charge < -0.3 is 17.3 Å². The highest BCUT2D eigenvalue weighted by molar-refractivity contribution is 6.50. The van der Waals surface area contributed by atoms with Crippen LogP contribution in [0.1, 0.15) is 39.1 Å². The highest BCUT2D eigenvalue weighted by Gasteiger charge is 2.40. The second kappa shape index (κ2) is 7.32. The molecule has 1 aliphatic heterocycles. The second-order valence-corrected chi connectivity index (χ2v) is 7.22. The van der Waals surface area contributed by atoms with Crippen molar-refractivity contribution in [2.45, 2.75) is 39.7 Å². The van der Waals surface area contributed by atoms with Crippen molar-refractivity contribution in [2.75, 3.05) is 0 Å². The van der Waals surface area contributed by atoms with Crippen LogP contribution >= 0.6 is 0 Å². The van der Waals surface area contributed by atoms with Crippen LogP contribution in [0.15, 0.2) is 6.33 Å². The molecule has 0 aliphatic carbocycles. The molecule has 0 bridgehead atoms. The lowest BCUT2D eigenvalue weighted by Crippen LogP contribution is -2.43. The minimum atomic E-state index is -6.00. The number of aromatic nitrogens is 3. The van der Waals surface area contributed by atoms with E-state index in [2.05, 4.69) is 5.10 Å². The van der Waals surface area contributed by atoms with Gasteiger partial charge in [-0.1, -0.05) is 25.5 Å². The Balaban J connectivity index is 0.000000500. The van der Waals surface area contributed by atoms with Gasteiger partial charge in [-0.2, -0.15) is 8.78 Å². The maximum Gasteiger partial charge on any atom is 0.673 e. The van der Waals surface area contributed by atoms with Crippen LogP contribution in [0.25, 0.3) is 5.69 Å². The molecule has 1 unspecified atom stereocenters. The van der Waals surface area contributed by atoms with E-state index in [0.29, 0.717) is 12.2 Å². The van der Waals surface area contributed by atoms with E-state index in [9.17, 15) is 39.2 Å². The molecule has 1 aromatic heterocycles. The molecule has 0 saturated heterocycles. The molecule has 13 heteroatoms. The lowest BCUT2D eigenvalue weighted by atomic mass is 9.85. The SMILES string of the molecule is CC(C)(C)C1CCc2nn(-c3c(F)c(F)c(F)c(F)c3F)c[n+]21.F[B-](F)(F)F. The Hall–Kier alpha value is -2.21. The average molecular weight is 419 g/mol. The number of aryl methyl sites for hydroxylation is 1. The van der Waals surface area contributed by atoms with Crippen molar-refractivity contribution >= 4 is 7.25 Å². The Morgan fingerprint density at radius 3 is 1.79 bits per heavy atom. The topological polar surface area (TPSA) is 21.7 Å². The molecule has 28 heavy (non-hydrogen) atoms. The van der Waals surface area contributed by atoms with Crippen LogP contribution in [-0.4, -0.2) is 17.0 Å². The summed E-state index contributed by atoms with van der Waals surface area (Å²) in [6, 6.07) is 0.0347. The number of benzene rings is 1. The van der Waals surface area contributed by atoms with Gasteiger partial charge in [-0.3, -0.25) is 0 Å². The fraction of sp³-hybridized carbons (Fsp3) is 0.467. The zero-order valence-electron chi connectivity index (χ0n) is 14.9. The summed E-state index contributed by atoms with van der Waals surface area (Å²) in [4.78, 5) is 0. The smallest absolute Gasteiger partial charge is 0.418 e. The molecule has 0 radical (unpaired) electrons. The summed E-state index contributed by atoms with van der Waals surface area (Å²) in [5, 5.41) is 4.00. The summed E-state index contributed by atoms with van der Waals surface area (Å²) in [6.45, 7) is 6.03. The van der Waals surface area contributed by atoms with Crippen LogP contribution in [0.5, 0.6) is 0 Å². The van der Waals surface area contributed by atoms with Gasteiger partial charge in [-0.15, -0.1) is 0 Å². The highest BCUT2D eigenvalue weighted by Crippen LogP contribution is 2.34. The molecule has 2 heterocycles. The predicted octanol–water partition coefficient (Wildman–Crippen LogP) is 4.69. The number of fused-ring (bicyclic) bond motifs is 1. The van der Waals surface area contributed by atoms with Crippen molar-refractivity contribution in [3.05, 3.63) is 41.2 Å². The van der Waals surface area contributed by atoms with E-state index < -0.39 is 42.0 Å². The Kier molecular flexibility index (Phi) is 5.77. The van der Waals surface area contributed by atoms with Gasteiger partial charge in [0.25, 0.3) is 5.82 Å². The van der Waals surface area contributed by atoms with Gasteiger partial charge >= 0.3 is 7.25 Å². The maximum atomic E-state index is 13.9. The third-order valence-electron chi connectivity index (χ3n) is 4.15. The zero-order chi connectivity index (χ0) is 21.6. The molecule has 0 amide bonds. The lowest BCUT2D eigenvalue weighted by molar-refractivity contribution is -0.729. The van der Waals surface area contributed by atoms with Gasteiger partial charge in [0.05, 0.1) is 6.04 Å². The number of rotatable bonds is 1. The molecule has 156 valence electrons. The van der Waals surface area contributed by atoms with Crippen LogP contribution in [0.3, 0.4) is 0 Å². The molecule has 1 aliphatic rings. The summed E-state index contributed by atoms with van der Waals surface area (Å²) in [7, 11) is -6.00. The molecule has 0 N–H and O–H groups in total. The zero-order valence-corrected chi connectivity index (χ0v) is 14.9. The van der Waals surface area contributed by atoms with E-state index in [4.69, 9.17) is 0 Å². The van der Waals surface area contributed by atoms with Crippen LogP contribution in [0.4, 0.5) is 39.2 Å². The second-order valence-electron chi connectivity index (χ2n) is 7.22. The number of hydrogen-bond acceptors (Lipinski definition) is 1. The quantitative estimate of drug-likeness (QED) is 0.216. The normalized spacial score (nSPS) is 16.6. The van der Waals surface area contributed by atoms with E-state index in [1.54, 1.807) is 4.57 Å². The fourth-order valence-corrected chi connectivity index (χ4v) is 2.98. The van der Waals surface area contributed by atoms with E-state index in [-0.39, 0.29) is 11.5 Å². The first kappa shape index (κ1) is 22.1. The van der Waals surface area contributed by atoms with Gasteiger partial charge in [-0.25, -0.2) is 17.7 Å². The van der Waals surface area contributed by atoms with E-state index in [1.807, 2.05) is 20.8 Å². The first-order valence-corrected chi connectivity index (χ1v) is 8.01. The van der Waals surface area contributed by atoms with Crippen LogP contribution in [0, 0.1) is 34.5 Å². The fourth-order valence-electron chi connectivity index (χ4n) is 2.98. The van der Waals surface area contributed by atoms with Gasteiger partial charge in [0.1, 0.15) is 0 Å². The molecule has 1 atom stereocenters. The Morgan fingerprint density at radius 1 is 0.929 bits per heavy atom. The first-order valence-electron chi connectivity index (χ1n) is 8.01. The molecule has 0 fully saturated rings. The number of halogens is 9. The highest BCUT2D eigenvalue weighted by atomic mass is 19.5. The molecule has 0 saturated carbocycles. The van der Waals surface area contributed by atoms with Gasteiger partial charge in [0.2, 0.25) is 41.1 Å². The Morgan fingerprint density at radius 2 is 1.36 bits per heavy atom. The van der Waals surface area contributed by atoms with Crippen molar-refractivity contribution in [3.8, 4) is 5.69 Å². The van der Waals surface area contributed by atoms with Crippen LogP contribution < -0.4 is 4.57 Å². The van der Waals surface area contributed by atoms with Crippen molar-refractivity contribution in [3.63, 3.8) is 0 Å². The largest absolute Gasteiger partial charge is 0.673 e. The van der Waals surface area contributed by atoms with Crippen LogP contribution in [-0.2, 0) is 6.42 Å². The summed E-state index contributed by atoms with van der Waals surface area (Å²) in [6.07, 6.45) is 2.67. The maximum absolute atomic E-state index is 13.9. The number of hydrogen-bond donors (Lipinski definition) is 0. The molecule has 3 rings (SSSR count). The van der Waals surface area contributed by atoms with Gasteiger partial charge in [0, 0.05) is 11.5 Å². The summed E-state index contributed by atoms with van der Waals surface area (Å²) < 4.78 is 109. The van der Waals surface area contributed by atoms with Crippen LogP contribution in [0.2, 0.25) is 0 Å². The Bertz CT molecular complexity index is 851. The summed E-state index contributed by atoms with van der Waals surface area (Å²) in [5.41, 5.74) is -1.18. The first-order chi connectivity index (χ1) is 12.6. The summed E-state index contributed by atoms with van der Waals surface area (Å²) >= 11 is 0. The molecular weight excluding hydrogens is 404 g/mol. The van der Waals surface area contributed by atoms with Crippen molar-refractivity contribution < 1.29 is 43.8 Å². The summed E-state index contributed by atoms with van der Waals surface area (Å²) in [5.74, 6) is -9.37. The monoisotopic (exact) mass is 419 g/mol. The molecule has 0 spiro atoms. The van der Waals surface area contributed by atoms with Gasteiger partial charge in [0.15, 0.2) is 0 Å². The third kappa shape index (κ3) is 4.44. The van der Waals surface area contributed by atoms with E-state index in [1.165, 1.54) is 6.33 Å². The van der Waals surface area contributed by atoms with Crippen molar-refractivity contribution in [1.82, 2.24) is 9.78 Å². The minimum absolute atomic E-state index is 0.0347. The van der Waals surface area contributed by atoms with E-state index in [0.717, 1.165) is 11.1 Å². The number of nitrogens with zero attached hydrogens (tertiary/aromatic N) is 3. The Labute approximate surface area is 153 Å². The standard InChI is InChI=1S/C15H15F5N3.BF4/c1-15(2,3)7-4-5-8-21-23(6-22(7)8)14-12(19)10(17)9(16)11(18)13(14)20;2-1(3,4)5/h6-7H,4-5H2,1-3H3;/q+1;-1. The lowest BCUT2D eigenvalue weighted by Gasteiger charge is -2.24. The molecular formula is C15H15BF9N3.